The van der Waals surface area contributed by atoms with Gasteiger partial charge in [0.15, 0.2) is 11.7 Å². The van der Waals surface area contributed by atoms with Crippen molar-refractivity contribution in [2.75, 3.05) is 12.3 Å². The van der Waals surface area contributed by atoms with E-state index in [0.717, 1.165) is 30.9 Å². The standard InChI is InChI=1S/C13H16N6/c1-2-19-10-4-3-5-15-8-9(10)18-13(19)11-12(14)17-7-6-16-11/h5-8,10H,2-4H2,1H3,(H2,14,17). The summed E-state index contributed by atoms with van der Waals surface area (Å²) in [5.41, 5.74) is 7.54. The van der Waals surface area contributed by atoms with Gasteiger partial charge in [-0.05, 0) is 19.8 Å². The number of rotatable bonds is 2. The molecule has 2 aliphatic heterocycles. The molecule has 1 aromatic heterocycles. The molecular weight excluding hydrogens is 240 g/mol. The summed E-state index contributed by atoms with van der Waals surface area (Å²) in [4.78, 5) is 19.5. The van der Waals surface area contributed by atoms with Crippen LogP contribution in [0.1, 0.15) is 25.5 Å². The monoisotopic (exact) mass is 256 g/mol. The summed E-state index contributed by atoms with van der Waals surface area (Å²) in [7, 11) is 0. The Kier molecular flexibility index (Phi) is 2.98. The smallest absolute Gasteiger partial charge is 0.159 e. The molecule has 1 unspecified atom stereocenters. The predicted octanol–water partition coefficient (Wildman–Crippen LogP) is 1.22. The number of hydrogen-bond donors (Lipinski definition) is 1. The van der Waals surface area contributed by atoms with Gasteiger partial charge < -0.3 is 10.6 Å². The van der Waals surface area contributed by atoms with Crippen molar-refractivity contribution in [1.29, 1.82) is 0 Å². The Labute approximate surface area is 111 Å². The third kappa shape index (κ3) is 1.99. The van der Waals surface area contributed by atoms with E-state index < -0.39 is 0 Å². The van der Waals surface area contributed by atoms with E-state index in [1.807, 2.05) is 12.4 Å². The summed E-state index contributed by atoms with van der Waals surface area (Å²) in [6, 6.07) is 0.268. The van der Waals surface area contributed by atoms with E-state index >= 15 is 0 Å². The fourth-order valence-corrected chi connectivity index (χ4v) is 2.50. The van der Waals surface area contributed by atoms with Crippen molar-refractivity contribution in [2.45, 2.75) is 25.8 Å². The first kappa shape index (κ1) is 11.8. The lowest BCUT2D eigenvalue weighted by Crippen LogP contribution is -2.37. The van der Waals surface area contributed by atoms with Gasteiger partial charge in [0.2, 0.25) is 0 Å². The quantitative estimate of drug-likeness (QED) is 0.862. The Hall–Kier alpha value is -2.24. The molecule has 0 aliphatic carbocycles. The van der Waals surface area contributed by atoms with Gasteiger partial charge in [-0.3, -0.25) is 4.99 Å². The normalized spacial score (nSPS) is 21.7. The second-order valence-corrected chi connectivity index (χ2v) is 4.49. The van der Waals surface area contributed by atoms with Gasteiger partial charge >= 0.3 is 0 Å². The molecule has 0 spiro atoms. The number of anilines is 1. The third-order valence-corrected chi connectivity index (χ3v) is 3.39. The average molecular weight is 256 g/mol. The molecule has 0 amide bonds. The molecule has 6 nitrogen and oxygen atoms in total. The van der Waals surface area contributed by atoms with Crippen LogP contribution >= 0.6 is 0 Å². The first-order chi connectivity index (χ1) is 9.31. The van der Waals surface area contributed by atoms with E-state index in [1.54, 1.807) is 12.4 Å². The SMILES string of the molecule is CCN1C(c2nccnc2N)=NC2=CN=CCCC21. The van der Waals surface area contributed by atoms with Crippen LogP contribution in [0.5, 0.6) is 0 Å². The maximum atomic E-state index is 5.91. The zero-order valence-electron chi connectivity index (χ0n) is 10.8. The van der Waals surface area contributed by atoms with E-state index in [0.29, 0.717) is 11.5 Å². The maximum Gasteiger partial charge on any atom is 0.159 e. The first-order valence-electron chi connectivity index (χ1n) is 6.45. The minimum Gasteiger partial charge on any atom is -0.382 e. The topological polar surface area (TPSA) is 79.8 Å². The zero-order chi connectivity index (χ0) is 13.2. The molecule has 0 saturated carbocycles. The van der Waals surface area contributed by atoms with E-state index in [9.17, 15) is 0 Å². The van der Waals surface area contributed by atoms with Gasteiger partial charge in [0.25, 0.3) is 0 Å². The molecule has 19 heavy (non-hydrogen) atoms. The summed E-state index contributed by atoms with van der Waals surface area (Å²) in [5, 5.41) is 0. The molecule has 2 aliphatic rings. The maximum absolute atomic E-state index is 5.91. The van der Waals surface area contributed by atoms with Crippen LogP contribution in [0.15, 0.2) is 34.3 Å². The summed E-state index contributed by atoms with van der Waals surface area (Å²) in [6.07, 6.45) is 8.97. The Balaban J connectivity index is 2.05. The number of aliphatic imine (C=N–C) groups is 2. The van der Waals surface area contributed by atoms with Gasteiger partial charge in [0.1, 0.15) is 5.69 Å². The van der Waals surface area contributed by atoms with Crippen molar-refractivity contribution in [3.63, 3.8) is 0 Å². The van der Waals surface area contributed by atoms with Crippen molar-refractivity contribution in [1.82, 2.24) is 14.9 Å². The Morgan fingerprint density at radius 1 is 1.37 bits per heavy atom. The largest absolute Gasteiger partial charge is 0.382 e. The fraction of sp³-hybridized carbons (Fsp3) is 0.385. The molecule has 3 heterocycles. The Bertz CT molecular complexity index is 574. The van der Waals surface area contributed by atoms with Crippen molar-refractivity contribution in [3.05, 3.63) is 30.0 Å². The summed E-state index contributed by atoms with van der Waals surface area (Å²) < 4.78 is 0. The number of nitrogens with zero attached hydrogens (tertiary/aromatic N) is 5. The number of hydrogen-bond acceptors (Lipinski definition) is 6. The minimum atomic E-state index is 0.268. The molecule has 0 radical (unpaired) electrons. The lowest BCUT2D eigenvalue weighted by Gasteiger charge is -2.26. The van der Waals surface area contributed by atoms with E-state index in [4.69, 9.17) is 5.73 Å². The Morgan fingerprint density at radius 3 is 3.00 bits per heavy atom. The lowest BCUT2D eigenvalue weighted by molar-refractivity contribution is 0.369. The molecule has 1 atom stereocenters. The van der Waals surface area contributed by atoms with E-state index in [1.165, 1.54) is 0 Å². The summed E-state index contributed by atoms with van der Waals surface area (Å²) >= 11 is 0. The van der Waals surface area contributed by atoms with Gasteiger partial charge in [-0.15, -0.1) is 0 Å². The highest BCUT2D eigenvalue weighted by molar-refractivity contribution is 6.03. The van der Waals surface area contributed by atoms with Gasteiger partial charge in [-0.25, -0.2) is 15.0 Å². The van der Waals surface area contributed by atoms with Crippen LogP contribution in [-0.2, 0) is 0 Å². The first-order valence-corrected chi connectivity index (χ1v) is 6.45. The number of nitrogen functional groups attached to an aromatic ring is 1. The van der Waals surface area contributed by atoms with Crippen LogP contribution in [0.3, 0.4) is 0 Å². The van der Waals surface area contributed by atoms with E-state index in [2.05, 4.69) is 31.8 Å². The fourth-order valence-electron chi connectivity index (χ4n) is 2.50. The van der Waals surface area contributed by atoms with Crippen LogP contribution in [0.2, 0.25) is 0 Å². The van der Waals surface area contributed by atoms with Crippen LogP contribution in [0.25, 0.3) is 0 Å². The van der Waals surface area contributed by atoms with Gasteiger partial charge in [-0.2, -0.15) is 0 Å². The molecule has 98 valence electrons. The molecule has 6 heteroatoms. The minimum absolute atomic E-state index is 0.268. The second kappa shape index (κ2) is 4.79. The summed E-state index contributed by atoms with van der Waals surface area (Å²) in [6.45, 7) is 2.97. The molecule has 0 fully saturated rings. The zero-order valence-corrected chi connectivity index (χ0v) is 10.8. The van der Waals surface area contributed by atoms with Gasteiger partial charge in [0, 0.05) is 25.2 Å². The number of amidine groups is 1. The van der Waals surface area contributed by atoms with Crippen LogP contribution in [-0.4, -0.2) is 39.5 Å². The van der Waals surface area contributed by atoms with Crippen molar-refractivity contribution >= 4 is 17.9 Å². The molecule has 0 bridgehead atoms. The van der Waals surface area contributed by atoms with Crippen molar-refractivity contribution < 1.29 is 0 Å². The number of likely N-dealkylation sites (N-methyl/N-ethyl adjacent to an activating group) is 1. The highest BCUT2D eigenvalue weighted by Crippen LogP contribution is 2.29. The summed E-state index contributed by atoms with van der Waals surface area (Å²) in [5.74, 6) is 1.22. The third-order valence-electron chi connectivity index (χ3n) is 3.39. The predicted molar refractivity (Wildman–Crippen MR) is 75.0 cm³/mol. The van der Waals surface area contributed by atoms with Crippen molar-refractivity contribution in [3.8, 4) is 0 Å². The molecule has 1 aromatic rings. The van der Waals surface area contributed by atoms with Crippen LogP contribution in [0, 0.1) is 0 Å². The van der Waals surface area contributed by atoms with Crippen LogP contribution in [0.4, 0.5) is 5.82 Å². The van der Waals surface area contributed by atoms with Gasteiger partial charge in [0.05, 0.1) is 17.9 Å². The second-order valence-electron chi connectivity index (χ2n) is 4.49. The average Bonchev–Trinajstić information content (AvgIpc) is 2.61. The number of aromatic nitrogens is 2. The molecule has 0 aromatic carbocycles. The highest BCUT2D eigenvalue weighted by Gasteiger charge is 2.33. The molecule has 3 rings (SSSR count). The highest BCUT2D eigenvalue weighted by atomic mass is 15.3. The van der Waals surface area contributed by atoms with E-state index in [-0.39, 0.29) is 6.04 Å². The molecule has 2 N–H and O–H groups in total. The number of fused-ring (bicyclic) bond motifs is 1. The lowest BCUT2D eigenvalue weighted by atomic mass is 10.1. The Morgan fingerprint density at radius 2 is 2.21 bits per heavy atom. The van der Waals surface area contributed by atoms with Gasteiger partial charge in [-0.1, -0.05) is 0 Å². The van der Waals surface area contributed by atoms with Crippen LogP contribution < -0.4 is 5.73 Å². The molecular formula is C13H16N6. The number of nitrogens with two attached hydrogens (primary N) is 1. The van der Waals surface area contributed by atoms with Crippen molar-refractivity contribution in [2.24, 2.45) is 9.98 Å². The molecule has 0 saturated heterocycles.